The lowest BCUT2D eigenvalue weighted by molar-refractivity contribution is 0.448. The highest BCUT2D eigenvalue weighted by Gasteiger charge is 2.19. The molecule has 5 heteroatoms. The lowest BCUT2D eigenvalue weighted by Crippen LogP contribution is -2.24. The van der Waals surface area contributed by atoms with E-state index in [1.807, 2.05) is 11.3 Å². The summed E-state index contributed by atoms with van der Waals surface area (Å²) in [5.41, 5.74) is 1.14. The number of hydrogen-bond donors (Lipinski definition) is 1. The number of hydrogen-bond acceptors (Lipinski definition) is 3. The molecule has 0 aliphatic rings. The van der Waals surface area contributed by atoms with Crippen LogP contribution >= 0.6 is 22.9 Å². The van der Waals surface area contributed by atoms with Crippen LogP contribution in [-0.4, -0.2) is 16.3 Å². The normalized spacial score (nSPS) is 12.7. The van der Waals surface area contributed by atoms with Crippen LogP contribution < -0.4 is 5.32 Å². The highest BCUT2D eigenvalue weighted by atomic mass is 35.5. The third-order valence-electron chi connectivity index (χ3n) is 3.55. The van der Waals surface area contributed by atoms with Gasteiger partial charge in [0, 0.05) is 11.4 Å². The van der Waals surface area contributed by atoms with Crippen molar-refractivity contribution in [3.8, 4) is 0 Å². The average molecular weight is 326 g/mol. The molecule has 0 bridgehead atoms. The Labute approximate surface area is 136 Å². The molecule has 0 aromatic carbocycles. The topological polar surface area (TPSA) is 29.9 Å². The number of halogens is 1. The number of aromatic nitrogens is 2. The Kier molecular flexibility index (Phi) is 6.74. The summed E-state index contributed by atoms with van der Waals surface area (Å²) >= 11 is 8.20. The van der Waals surface area contributed by atoms with Crippen LogP contribution in [0.4, 0.5) is 0 Å². The minimum atomic E-state index is 0.288. The first-order valence-electron chi connectivity index (χ1n) is 7.73. The monoisotopic (exact) mass is 325 g/mol. The third-order valence-corrected chi connectivity index (χ3v) is 4.77. The fourth-order valence-corrected chi connectivity index (χ4v) is 3.65. The largest absolute Gasteiger partial charge is 0.309 e. The van der Waals surface area contributed by atoms with Crippen LogP contribution in [0.25, 0.3) is 0 Å². The van der Waals surface area contributed by atoms with E-state index in [1.165, 1.54) is 4.88 Å². The molecule has 2 aromatic heterocycles. The summed E-state index contributed by atoms with van der Waals surface area (Å²) in [6.07, 6.45) is 6.22. The minimum Gasteiger partial charge on any atom is -0.309 e. The first kappa shape index (κ1) is 16.5. The molecule has 0 spiro atoms. The van der Waals surface area contributed by atoms with Crippen LogP contribution in [0.5, 0.6) is 0 Å². The van der Waals surface area contributed by atoms with E-state index in [4.69, 9.17) is 11.6 Å². The van der Waals surface area contributed by atoms with E-state index in [-0.39, 0.29) is 6.04 Å². The van der Waals surface area contributed by atoms with Crippen LogP contribution in [0, 0.1) is 0 Å². The van der Waals surface area contributed by atoms with Gasteiger partial charge < -0.3 is 5.32 Å². The van der Waals surface area contributed by atoms with Crippen LogP contribution in [0.2, 0.25) is 5.02 Å². The van der Waals surface area contributed by atoms with E-state index in [0.29, 0.717) is 0 Å². The molecule has 2 aromatic rings. The Morgan fingerprint density at radius 1 is 1.43 bits per heavy atom. The molecule has 21 heavy (non-hydrogen) atoms. The van der Waals surface area contributed by atoms with Crippen molar-refractivity contribution in [2.24, 2.45) is 0 Å². The van der Waals surface area contributed by atoms with E-state index in [2.05, 4.69) is 46.5 Å². The van der Waals surface area contributed by atoms with Gasteiger partial charge in [-0.3, -0.25) is 4.68 Å². The zero-order valence-corrected chi connectivity index (χ0v) is 14.4. The van der Waals surface area contributed by atoms with Crippen LogP contribution in [-0.2, 0) is 13.0 Å². The van der Waals surface area contributed by atoms with Crippen LogP contribution in [0.3, 0.4) is 0 Å². The van der Waals surface area contributed by atoms with Gasteiger partial charge in [0.1, 0.15) is 0 Å². The molecule has 1 N–H and O–H groups in total. The molecule has 1 unspecified atom stereocenters. The SMILES string of the molecule is CCCn1ncc(Cl)c1C(CCCc1cccs1)NCC. The predicted octanol–water partition coefficient (Wildman–Crippen LogP) is 4.68. The Bertz CT molecular complexity index is 522. The summed E-state index contributed by atoms with van der Waals surface area (Å²) in [5.74, 6) is 0. The Hall–Kier alpha value is -0.840. The van der Waals surface area contributed by atoms with E-state index in [9.17, 15) is 0 Å². The summed E-state index contributed by atoms with van der Waals surface area (Å²) in [6, 6.07) is 4.62. The number of rotatable bonds is 9. The number of nitrogens with zero attached hydrogens (tertiary/aromatic N) is 2. The molecule has 3 nitrogen and oxygen atoms in total. The second-order valence-corrected chi connectivity index (χ2v) is 6.62. The summed E-state index contributed by atoms with van der Waals surface area (Å²) in [4.78, 5) is 1.46. The molecule has 1 atom stereocenters. The molecule has 2 heterocycles. The van der Waals surface area contributed by atoms with Gasteiger partial charge in [-0.2, -0.15) is 5.10 Å². The number of nitrogens with one attached hydrogen (secondary N) is 1. The molecular formula is C16H24ClN3S. The standard InChI is InChI=1S/C16H24ClN3S/c1-3-10-20-16(14(17)12-19-20)15(18-4-2)9-5-7-13-8-6-11-21-13/h6,8,11-12,15,18H,3-5,7,9-10H2,1-2H3. The van der Waals surface area contributed by atoms with Gasteiger partial charge in [-0.15, -0.1) is 11.3 Å². The second-order valence-electron chi connectivity index (χ2n) is 5.18. The molecule has 2 rings (SSSR count). The van der Waals surface area contributed by atoms with Gasteiger partial charge >= 0.3 is 0 Å². The lowest BCUT2D eigenvalue weighted by atomic mass is 10.1. The fourth-order valence-electron chi connectivity index (χ4n) is 2.63. The maximum atomic E-state index is 6.37. The third kappa shape index (κ3) is 4.56. The number of aryl methyl sites for hydroxylation is 2. The van der Waals surface area contributed by atoms with Crippen molar-refractivity contribution in [1.29, 1.82) is 0 Å². The fraction of sp³-hybridized carbons (Fsp3) is 0.562. The van der Waals surface area contributed by atoms with Crippen LogP contribution in [0.15, 0.2) is 23.7 Å². The van der Waals surface area contributed by atoms with Crippen molar-refractivity contribution in [3.05, 3.63) is 39.3 Å². The maximum absolute atomic E-state index is 6.37. The van der Waals surface area contributed by atoms with Gasteiger partial charge in [-0.25, -0.2) is 0 Å². The lowest BCUT2D eigenvalue weighted by Gasteiger charge is -2.20. The molecule has 0 fully saturated rings. The van der Waals surface area contributed by atoms with Gasteiger partial charge in [0.15, 0.2) is 0 Å². The molecule has 0 saturated heterocycles. The molecule has 116 valence electrons. The van der Waals surface area contributed by atoms with Crippen molar-refractivity contribution in [3.63, 3.8) is 0 Å². The Morgan fingerprint density at radius 3 is 2.95 bits per heavy atom. The first-order valence-corrected chi connectivity index (χ1v) is 8.99. The smallest absolute Gasteiger partial charge is 0.0834 e. The minimum absolute atomic E-state index is 0.288. The maximum Gasteiger partial charge on any atom is 0.0834 e. The first-order chi connectivity index (χ1) is 10.3. The summed E-state index contributed by atoms with van der Waals surface area (Å²) < 4.78 is 2.06. The summed E-state index contributed by atoms with van der Waals surface area (Å²) in [5, 5.41) is 10.9. The van der Waals surface area contributed by atoms with Crippen molar-refractivity contribution >= 4 is 22.9 Å². The summed E-state index contributed by atoms with van der Waals surface area (Å²) in [6.45, 7) is 6.17. The van der Waals surface area contributed by atoms with Crippen molar-refractivity contribution in [1.82, 2.24) is 15.1 Å². The van der Waals surface area contributed by atoms with Gasteiger partial charge in [-0.05, 0) is 43.7 Å². The zero-order chi connectivity index (χ0) is 15.1. The second kappa shape index (κ2) is 8.57. The Balaban J connectivity index is 2.02. The van der Waals surface area contributed by atoms with Gasteiger partial charge in [0.2, 0.25) is 0 Å². The predicted molar refractivity (Wildman–Crippen MR) is 91.2 cm³/mol. The molecule has 0 radical (unpaired) electrons. The molecule has 0 saturated carbocycles. The van der Waals surface area contributed by atoms with Crippen LogP contribution in [0.1, 0.15) is 49.7 Å². The van der Waals surface area contributed by atoms with Gasteiger partial charge in [-0.1, -0.05) is 31.5 Å². The Morgan fingerprint density at radius 2 is 2.29 bits per heavy atom. The molecule has 0 aliphatic carbocycles. The van der Waals surface area contributed by atoms with E-state index in [1.54, 1.807) is 6.20 Å². The highest BCUT2D eigenvalue weighted by molar-refractivity contribution is 7.09. The number of thiophene rings is 1. The van der Waals surface area contributed by atoms with Crippen molar-refractivity contribution in [2.75, 3.05) is 6.54 Å². The molecular weight excluding hydrogens is 302 g/mol. The molecule has 0 amide bonds. The van der Waals surface area contributed by atoms with E-state index < -0.39 is 0 Å². The zero-order valence-electron chi connectivity index (χ0n) is 12.8. The van der Waals surface area contributed by atoms with Crippen molar-refractivity contribution in [2.45, 2.75) is 52.1 Å². The van der Waals surface area contributed by atoms with Gasteiger partial charge in [0.05, 0.1) is 23.0 Å². The highest BCUT2D eigenvalue weighted by Crippen LogP contribution is 2.27. The van der Waals surface area contributed by atoms with Crippen molar-refractivity contribution < 1.29 is 0 Å². The van der Waals surface area contributed by atoms with E-state index in [0.717, 1.165) is 49.5 Å². The van der Waals surface area contributed by atoms with Gasteiger partial charge in [0.25, 0.3) is 0 Å². The quantitative estimate of drug-likeness (QED) is 0.725. The summed E-state index contributed by atoms with van der Waals surface area (Å²) in [7, 11) is 0. The average Bonchev–Trinajstić information content (AvgIpc) is 3.09. The molecule has 0 aliphatic heterocycles. The van der Waals surface area contributed by atoms with E-state index >= 15 is 0 Å².